The van der Waals surface area contributed by atoms with Gasteiger partial charge >= 0.3 is 0 Å². The molecule has 0 amide bonds. The molecule has 0 unspecified atom stereocenters. The van der Waals surface area contributed by atoms with Crippen molar-refractivity contribution in [1.29, 1.82) is 0 Å². The molecule has 0 aromatic heterocycles. The van der Waals surface area contributed by atoms with Crippen molar-refractivity contribution in [3.63, 3.8) is 0 Å². The number of unbranched alkanes of at least 4 members (excludes halogenated alkanes) is 1. The van der Waals surface area contributed by atoms with Crippen molar-refractivity contribution in [2.45, 2.75) is 32.3 Å². The Kier molecular flexibility index (Phi) is 5.52. The van der Waals surface area contributed by atoms with E-state index in [0.717, 1.165) is 40.8 Å². The van der Waals surface area contributed by atoms with Gasteiger partial charge in [0.2, 0.25) is 0 Å². The first-order valence-corrected chi connectivity index (χ1v) is 9.54. The van der Waals surface area contributed by atoms with E-state index in [1.54, 1.807) is 0 Å². The molecule has 1 aliphatic rings. The third kappa shape index (κ3) is 3.90. The maximum atomic E-state index is 6.20. The van der Waals surface area contributed by atoms with Crippen LogP contribution in [0.1, 0.15) is 43.5 Å². The molecule has 1 aliphatic heterocycles. The van der Waals surface area contributed by atoms with Gasteiger partial charge in [-0.15, -0.1) is 0 Å². The normalized spacial score (nSPS) is 18.7. The Morgan fingerprint density at radius 3 is 2.19 bits per heavy atom. The summed E-state index contributed by atoms with van der Waals surface area (Å²) in [5, 5.41) is 0. The maximum Gasteiger partial charge on any atom is 0.194 e. The minimum Gasteiger partial charge on any atom is -0.492 e. The van der Waals surface area contributed by atoms with E-state index in [1.165, 1.54) is 0 Å². The summed E-state index contributed by atoms with van der Waals surface area (Å²) < 4.78 is 18.3. The highest BCUT2D eigenvalue weighted by atomic mass is 16.9. The second-order valence-electron chi connectivity index (χ2n) is 6.64. The fraction of sp³-hybridized carbons (Fsp3) is 0.250. The van der Waals surface area contributed by atoms with Crippen LogP contribution in [0.3, 0.4) is 0 Å². The average molecular weight is 360 g/mol. The number of ether oxygens (including phenoxy) is 3. The zero-order chi connectivity index (χ0) is 18.5. The second kappa shape index (κ2) is 8.38. The van der Waals surface area contributed by atoms with E-state index in [2.05, 4.69) is 25.1 Å². The van der Waals surface area contributed by atoms with E-state index in [9.17, 15) is 0 Å². The molecule has 4 rings (SSSR count). The monoisotopic (exact) mass is 360 g/mol. The minimum absolute atomic E-state index is 0.319. The van der Waals surface area contributed by atoms with Crippen LogP contribution in [0.25, 0.3) is 11.1 Å². The molecule has 0 bridgehead atoms. The van der Waals surface area contributed by atoms with Gasteiger partial charge in [-0.3, -0.25) is 0 Å². The van der Waals surface area contributed by atoms with Crippen molar-refractivity contribution in [3.8, 4) is 16.9 Å². The summed E-state index contributed by atoms with van der Waals surface area (Å²) in [5.74, 6) is 0.855. The standard InChI is InChI=1S/C24H24O3/c1-2-3-17-25-22-20(18-11-6-4-7-12-18)15-10-16-21(22)24-26-23(27-24)19-13-8-5-9-14-19/h4-16,23-24H,2-3,17H2,1H3. The van der Waals surface area contributed by atoms with Crippen LogP contribution in [0.15, 0.2) is 78.9 Å². The predicted octanol–water partition coefficient (Wildman–Crippen LogP) is 6.28. The predicted molar refractivity (Wildman–Crippen MR) is 106 cm³/mol. The minimum atomic E-state index is -0.407. The van der Waals surface area contributed by atoms with E-state index in [4.69, 9.17) is 14.2 Å². The summed E-state index contributed by atoms with van der Waals surface area (Å²) in [6, 6.07) is 26.5. The summed E-state index contributed by atoms with van der Waals surface area (Å²) >= 11 is 0. The van der Waals surface area contributed by atoms with Gasteiger partial charge in [0, 0.05) is 11.1 Å². The van der Waals surface area contributed by atoms with Crippen LogP contribution in [0.5, 0.6) is 5.75 Å². The Morgan fingerprint density at radius 1 is 0.778 bits per heavy atom. The van der Waals surface area contributed by atoms with Crippen LogP contribution in [-0.2, 0) is 9.47 Å². The molecule has 0 saturated carbocycles. The van der Waals surface area contributed by atoms with Crippen LogP contribution in [0.2, 0.25) is 0 Å². The molecule has 3 heteroatoms. The van der Waals surface area contributed by atoms with Gasteiger partial charge in [0.05, 0.1) is 12.2 Å². The first kappa shape index (κ1) is 17.8. The number of rotatable bonds is 7. The van der Waals surface area contributed by atoms with Crippen LogP contribution >= 0.6 is 0 Å². The fourth-order valence-electron chi connectivity index (χ4n) is 3.21. The van der Waals surface area contributed by atoms with E-state index in [1.807, 2.05) is 60.7 Å². The van der Waals surface area contributed by atoms with Crippen molar-refractivity contribution in [3.05, 3.63) is 90.0 Å². The fourth-order valence-corrected chi connectivity index (χ4v) is 3.21. The molecule has 0 radical (unpaired) electrons. The lowest BCUT2D eigenvalue weighted by molar-refractivity contribution is -0.397. The Hall–Kier alpha value is -2.62. The quantitative estimate of drug-likeness (QED) is 0.464. The molecule has 0 atom stereocenters. The van der Waals surface area contributed by atoms with Gasteiger partial charge in [0.25, 0.3) is 0 Å². The molecule has 27 heavy (non-hydrogen) atoms. The molecule has 1 heterocycles. The number of hydrogen-bond donors (Lipinski definition) is 0. The van der Waals surface area contributed by atoms with E-state index < -0.39 is 6.29 Å². The van der Waals surface area contributed by atoms with Gasteiger partial charge in [-0.25, -0.2) is 0 Å². The van der Waals surface area contributed by atoms with Gasteiger partial charge in [-0.05, 0) is 12.0 Å². The highest BCUT2D eigenvalue weighted by Crippen LogP contribution is 2.46. The highest BCUT2D eigenvalue weighted by Gasteiger charge is 2.35. The molecule has 0 N–H and O–H groups in total. The summed E-state index contributed by atoms with van der Waals surface area (Å²) in [5.41, 5.74) is 4.17. The average Bonchev–Trinajstić information content (AvgIpc) is 2.69. The van der Waals surface area contributed by atoms with E-state index in [-0.39, 0.29) is 6.29 Å². The van der Waals surface area contributed by atoms with Crippen molar-refractivity contribution in [2.24, 2.45) is 0 Å². The number of hydrogen-bond acceptors (Lipinski definition) is 3. The van der Waals surface area contributed by atoms with Gasteiger partial charge < -0.3 is 14.2 Å². The molecular formula is C24H24O3. The SMILES string of the molecule is CCCCOc1c(-c2ccccc2)cccc1C1OC(c2ccccc2)O1. The molecule has 0 aliphatic carbocycles. The first-order valence-electron chi connectivity index (χ1n) is 9.54. The zero-order valence-corrected chi connectivity index (χ0v) is 15.5. The molecule has 3 nitrogen and oxygen atoms in total. The molecule has 3 aromatic carbocycles. The van der Waals surface area contributed by atoms with Crippen LogP contribution in [-0.4, -0.2) is 6.61 Å². The summed E-state index contributed by atoms with van der Waals surface area (Å²) in [7, 11) is 0. The molecule has 0 spiro atoms. The molecule has 1 saturated heterocycles. The van der Waals surface area contributed by atoms with Gasteiger partial charge in [-0.2, -0.15) is 0 Å². The zero-order valence-electron chi connectivity index (χ0n) is 15.5. The summed E-state index contributed by atoms with van der Waals surface area (Å²) in [4.78, 5) is 0. The Balaban J connectivity index is 1.60. The van der Waals surface area contributed by atoms with E-state index >= 15 is 0 Å². The lowest BCUT2D eigenvalue weighted by Crippen LogP contribution is -2.27. The molecular weight excluding hydrogens is 336 g/mol. The van der Waals surface area contributed by atoms with Crippen molar-refractivity contribution < 1.29 is 14.2 Å². The molecule has 138 valence electrons. The molecule has 1 fully saturated rings. The van der Waals surface area contributed by atoms with Gasteiger partial charge in [0.1, 0.15) is 5.75 Å². The summed E-state index contributed by atoms with van der Waals surface area (Å²) in [6.07, 6.45) is 1.38. The summed E-state index contributed by atoms with van der Waals surface area (Å²) in [6.45, 7) is 2.85. The topological polar surface area (TPSA) is 27.7 Å². The van der Waals surface area contributed by atoms with Gasteiger partial charge in [-0.1, -0.05) is 92.2 Å². The van der Waals surface area contributed by atoms with Crippen LogP contribution in [0.4, 0.5) is 0 Å². The smallest absolute Gasteiger partial charge is 0.194 e. The third-order valence-corrected chi connectivity index (χ3v) is 4.69. The number of para-hydroxylation sites is 1. The van der Waals surface area contributed by atoms with Crippen LogP contribution in [0, 0.1) is 0 Å². The Labute approximate surface area is 160 Å². The third-order valence-electron chi connectivity index (χ3n) is 4.69. The Bertz CT molecular complexity index is 855. The van der Waals surface area contributed by atoms with Crippen molar-refractivity contribution in [1.82, 2.24) is 0 Å². The van der Waals surface area contributed by atoms with Gasteiger partial charge in [0.15, 0.2) is 12.6 Å². The van der Waals surface area contributed by atoms with E-state index in [0.29, 0.717) is 6.61 Å². The lowest BCUT2D eigenvalue weighted by atomic mass is 10.0. The Morgan fingerprint density at radius 2 is 1.48 bits per heavy atom. The molecule has 3 aromatic rings. The first-order chi connectivity index (χ1) is 13.4. The number of benzene rings is 3. The second-order valence-corrected chi connectivity index (χ2v) is 6.64. The maximum absolute atomic E-state index is 6.20. The largest absolute Gasteiger partial charge is 0.492 e. The van der Waals surface area contributed by atoms with Crippen molar-refractivity contribution >= 4 is 0 Å². The highest BCUT2D eigenvalue weighted by molar-refractivity contribution is 5.72. The van der Waals surface area contributed by atoms with Crippen LogP contribution < -0.4 is 4.74 Å². The van der Waals surface area contributed by atoms with Crippen molar-refractivity contribution in [2.75, 3.05) is 6.61 Å². The lowest BCUT2D eigenvalue weighted by Gasteiger charge is -2.37.